The van der Waals surface area contributed by atoms with E-state index in [0.717, 1.165) is 41.9 Å². The fourth-order valence-corrected chi connectivity index (χ4v) is 3.78. The Morgan fingerprint density at radius 2 is 2.15 bits per heavy atom. The fourth-order valence-electron chi connectivity index (χ4n) is 3.78. The predicted octanol–water partition coefficient (Wildman–Crippen LogP) is 4.34. The summed E-state index contributed by atoms with van der Waals surface area (Å²) in [6.07, 6.45) is 6.17. The van der Waals surface area contributed by atoms with E-state index in [9.17, 15) is 0 Å². The van der Waals surface area contributed by atoms with Gasteiger partial charge in [-0.3, -0.25) is 0 Å². The van der Waals surface area contributed by atoms with Crippen LogP contribution in [0.2, 0.25) is 0 Å². The van der Waals surface area contributed by atoms with Crippen molar-refractivity contribution in [2.24, 2.45) is 17.3 Å². The molecule has 1 aromatic carbocycles. The number of allylic oxidation sites excluding steroid dienone is 1. The van der Waals surface area contributed by atoms with Crippen LogP contribution in [0, 0.1) is 24.2 Å². The summed E-state index contributed by atoms with van der Waals surface area (Å²) in [6, 6.07) is 5.90. The zero-order chi connectivity index (χ0) is 14.3. The summed E-state index contributed by atoms with van der Waals surface area (Å²) >= 11 is 0. The van der Waals surface area contributed by atoms with Gasteiger partial charge in [-0.2, -0.15) is 0 Å². The van der Waals surface area contributed by atoms with Gasteiger partial charge in [0.15, 0.2) is 0 Å². The van der Waals surface area contributed by atoms with Gasteiger partial charge >= 0.3 is 0 Å². The number of aryl methyl sites for hydroxylation is 1. The largest absolute Gasteiger partial charge is 0.493 e. The van der Waals surface area contributed by atoms with Crippen molar-refractivity contribution in [1.29, 1.82) is 0 Å². The molecule has 1 saturated carbocycles. The molecule has 108 valence electrons. The highest BCUT2D eigenvalue weighted by molar-refractivity contribution is 5.49. The maximum atomic E-state index is 5.88. The number of hydrogen-bond acceptors (Lipinski definition) is 2. The monoisotopic (exact) mass is 271 g/mol. The molecule has 2 unspecified atom stereocenters. The van der Waals surface area contributed by atoms with Gasteiger partial charge in [0.05, 0.1) is 6.61 Å². The van der Waals surface area contributed by atoms with Gasteiger partial charge in [0.25, 0.3) is 0 Å². The highest BCUT2D eigenvalue weighted by atomic mass is 16.5. The topological polar surface area (TPSA) is 35.2 Å². The first-order valence-electron chi connectivity index (χ1n) is 7.66. The van der Waals surface area contributed by atoms with Gasteiger partial charge in [-0.05, 0) is 60.8 Å². The Bertz CT molecular complexity index is 544. The summed E-state index contributed by atoms with van der Waals surface area (Å²) in [5.74, 6) is 2.63. The summed E-state index contributed by atoms with van der Waals surface area (Å²) in [5, 5.41) is 0. The second kappa shape index (κ2) is 4.83. The summed E-state index contributed by atoms with van der Waals surface area (Å²) in [7, 11) is 0. The van der Waals surface area contributed by atoms with E-state index in [1.165, 1.54) is 12.8 Å². The molecule has 2 bridgehead atoms. The molecule has 2 nitrogen and oxygen atoms in total. The van der Waals surface area contributed by atoms with E-state index in [1.54, 1.807) is 5.57 Å². The van der Waals surface area contributed by atoms with Crippen molar-refractivity contribution >= 4 is 5.69 Å². The van der Waals surface area contributed by atoms with Crippen LogP contribution in [0.5, 0.6) is 5.75 Å². The molecular weight excluding hydrogens is 246 g/mol. The van der Waals surface area contributed by atoms with Crippen LogP contribution in [0.1, 0.15) is 38.7 Å². The van der Waals surface area contributed by atoms with Gasteiger partial charge in [-0.1, -0.05) is 25.5 Å². The van der Waals surface area contributed by atoms with Crippen LogP contribution >= 0.6 is 0 Å². The molecule has 0 heterocycles. The maximum Gasteiger partial charge on any atom is 0.119 e. The smallest absolute Gasteiger partial charge is 0.119 e. The summed E-state index contributed by atoms with van der Waals surface area (Å²) in [4.78, 5) is 0. The molecular formula is C18H25NO. The van der Waals surface area contributed by atoms with Gasteiger partial charge in [0.1, 0.15) is 5.75 Å². The van der Waals surface area contributed by atoms with E-state index >= 15 is 0 Å². The summed E-state index contributed by atoms with van der Waals surface area (Å²) < 4.78 is 5.88. The number of hydrogen-bond donors (Lipinski definition) is 1. The Morgan fingerprint density at radius 1 is 1.35 bits per heavy atom. The molecule has 4 rings (SSSR count). The van der Waals surface area contributed by atoms with Crippen LogP contribution in [-0.2, 0) is 0 Å². The number of rotatable bonds is 4. The Morgan fingerprint density at radius 3 is 2.80 bits per heavy atom. The average Bonchev–Trinajstić information content (AvgIpc) is 2.43. The second-order valence-electron chi connectivity index (χ2n) is 6.94. The SMILES string of the molecule is Cc1cc(OCCC2=CCC3CC2C3(C)C)ccc1N. The molecule has 1 fully saturated rings. The molecule has 0 saturated heterocycles. The molecule has 0 radical (unpaired) electrons. The van der Waals surface area contributed by atoms with Gasteiger partial charge in [0, 0.05) is 12.1 Å². The molecule has 0 aromatic heterocycles. The molecule has 20 heavy (non-hydrogen) atoms. The Balaban J connectivity index is 1.55. The minimum atomic E-state index is 0.516. The van der Waals surface area contributed by atoms with E-state index in [0.29, 0.717) is 5.41 Å². The average molecular weight is 271 g/mol. The van der Waals surface area contributed by atoms with E-state index < -0.39 is 0 Å². The van der Waals surface area contributed by atoms with Crippen molar-refractivity contribution in [2.75, 3.05) is 12.3 Å². The minimum absolute atomic E-state index is 0.516. The lowest BCUT2D eigenvalue weighted by atomic mass is 9.48. The van der Waals surface area contributed by atoms with Crippen molar-refractivity contribution in [3.63, 3.8) is 0 Å². The highest BCUT2D eigenvalue weighted by Gasteiger charge is 2.50. The molecule has 3 aliphatic carbocycles. The van der Waals surface area contributed by atoms with Crippen molar-refractivity contribution in [3.8, 4) is 5.75 Å². The molecule has 0 amide bonds. The van der Waals surface area contributed by atoms with Crippen molar-refractivity contribution in [1.82, 2.24) is 0 Å². The predicted molar refractivity (Wildman–Crippen MR) is 83.8 cm³/mol. The first-order valence-corrected chi connectivity index (χ1v) is 7.66. The third kappa shape index (κ3) is 2.21. The van der Waals surface area contributed by atoms with E-state index in [4.69, 9.17) is 10.5 Å². The van der Waals surface area contributed by atoms with Gasteiger partial charge in [-0.15, -0.1) is 0 Å². The zero-order valence-electron chi connectivity index (χ0n) is 12.8. The van der Waals surface area contributed by atoms with Crippen LogP contribution in [0.15, 0.2) is 29.8 Å². The van der Waals surface area contributed by atoms with Crippen molar-refractivity contribution in [2.45, 2.75) is 40.0 Å². The Kier molecular flexibility index (Phi) is 3.27. The van der Waals surface area contributed by atoms with Gasteiger partial charge in [-0.25, -0.2) is 0 Å². The maximum absolute atomic E-state index is 5.88. The zero-order valence-corrected chi connectivity index (χ0v) is 12.8. The van der Waals surface area contributed by atoms with Crippen LogP contribution < -0.4 is 10.5 Å². The Hall–Kier alpha value is -1.44. The third-order valence-electron chi connectivity index (χ3n) is 5.48. The normalized spacial score (nSPS) is 26.6. The Labute approximate surface area is 122 Å². The highest BCUT2D eigenvalue weighted by Crippen LogP contribution is 2.59. The summed E-state index contributed by atoms with van der Waals surface area (Å²) in [6.45, 7) is 7.63. The number of anilines is 1. The van der Waals surface area contributed by atoms with Crippen molar-refractivity contribution < 1.29 is 4.74 Å². The quantitative estimate of drug-likeness (QED) is 0.653. The standard InChI is InChI=1S/C18H25NO/c1-12-10-15(6-7-17(12)19)20-9-8-13-4-5-14-11-16(13)18(14,2)3/h4,6-7,10,14,16H,5,8-9,11,19H2,1-3H3. The van der Waals surface area contributed by atoms with Crippen molar-refractivity contribution in [3.05, 3.63) is 35.4 Å². The lowest BCUT2D eigenvalue weighted by molar-refractivity contribution is -0.00917. The molecule has 2 N–H and O–H groups in total. The van der Waals surface area contributed by atoms with E-state index in [1.807, 2.05) is 25.1 Å². The first-order chi connectivity index (χ1) is 9.48. The molecule has 2 heteroatoms. The van der Waals surface area contributed by atoms with E-state index in [2.05, 4.69) is 19.9 Å². The lowest BCUT2D eigenvalue weighted by Gasteiger charge is -2.56. The van der Waals surface area contributed by atoms with Crippen LogP contribution in [0.25, 0.3) is 0 Å². The number of nitrogen functional groups attached to an aromatic ring is 1. The molecule has 1 aromatic rings. The number of benzene rings is 1. The minimum Gasteiger partial charge on any atom is -0.493 e. The first kappa shape index (κ1) is 13.5. The fraction of sp³-hybridized carbons (Fsp3) is 0.556. The lowest BCUT2D eigenvalue weighted by Crippen LogP contribution is -2.48. The third-order valence-corrected chi connectivity index (χ3v) is 5.48. The number of ether oxygens (including phenoxy) is 1. The number of fused-ring (bicyclic) bond motifs is 1. The number of nitrogens with two attached hydrogens (primary N) is 1. The van der Waals surface area contributed by atoms with Crippen LogP contribution in [0.4, 0.5) is 5.69 Å². The molecule has 2 atom stereocenters. The van der Waals surface area contributed by atoms with Crippen LogP contribution in [-0.4, -0.2) is 6.61 Å². The van der Waals surface area contributed by atoms with Crippen LogP contribution in [0.3, 0.4) is 0 Å². The van der Waals surface area contributed by atoms with Gasteiger partial charge < -0.3 is 10.5 Å². The molecule has 3 aliphatic rings. The molecule has 0 spiro atoms. The van der Waals surface area contributed by atoms with Gasteiger partial charge in [0.2, 0.25) is 0 Å². The second-order valence-corrected chi connectivity index (χ2v) is 6.94. The van der Waals surface area contributed by atoms with E-state index in [-0.39, 0.29) is 0 Å². The summed E-state index contributed by atoms with van der Waals surface area (Å²) in [5.41, 5.74) is 9.87. The molecule has 0 aliphatic heterocycles.